The smallest absolute Gasteiger partial charge is 0.306 e. The van der Waals surface area contributed by atoms with Gasteiger partial charge in [0.2, 0.25) is 0 Å². The molecule has 166 valence electrons. The van der Waals surface area contributed by atoms with E-state index in [0.717, 1.165) is 37.8 Å². The maximum absolute atomic E-state index is 13.5. The van der Waals surface area contributed by atoms with Crippen molar-refractivity contribution in [3.05, 3.63) is 35.4 Å². The van der Waals surface area contributed by atoms with Gasteiger partial charge < -0.3 is 10.1 Å². The molecule has 1 amide bonds. The molecular formula is C22H31F2N3O3. The van der Waals surface area contributed by atoms with Gasteiger partial charge >= 0.3 is 5.97 Å². The van der Waals surface area contributed by atoms with E-state index in [0.29, 0.717) is 19.0 Å². The van der Waals surface area contributed by atoms with E-state index >= 15 is 0 Å². The van der Waals surface area contributed by atoms with Gasteiger partial charge in [-0.25, -0.2) is 13.8 Å². The highest BCUT2D eigenvalue weighted by atomic mass is 19.2. The van der Waals surface area contributed by atoms with Crippen LogP contribution >= 0.6 is 0 Å². The molecule has 1 aliphatic rings. The van der Waals surface area contributed by atoms with Crippen LogP contribution in [-0.4, -0.2) is 36.0 Å². The summed E-state index contributed by atoms with van der Waals surface area (Å²) in [4.78, 5) is 28.8. The van der Waals surface area contributed by atoms with Crippen molar-refractivity contribution >= 4 is 17.8 Å². The molecule has 2 N–H and O–H groups in total. The Morgan fingerprint density at radius 1 is 1.13 bits per heavy atom. The van der Waals surface area contributed by atoms with Crippen molar-refractivity contribution < 1.29 is 23.1 Å². The lowest BCUT2D eigenvalue weighted by atomic mass is 9.84. The fourth-order valence-corrected chi connectivity index (χ4v) is 3.38. The third-order valence-corrected chi connectivity index (χ3v) is 4.80. The first-order valence-corrected chi connectivity index (χ1v) is 10.4. The molecule has 1 fully saturated rings. The zero-order chi connectivity index (χ0) is 22.3. The molecule has 2 rings (SSSR count). The van der Waals surface area contributed by atoms with Crippen LogP contribution in [0.5, 0.6) is 0 Å². The van der Waals surface area contributed by atoms with Gasteiger partial charge in [-0.3, -0.25) is 14.9 Å². The molecule has 0 atom stereocenters. The van der Waals surface area contributed by atoms with Crippen molar-refractivity contribution in [3.8, 4) is 0 Å². The monoisotopic (exact) mass is 423 g/mol. The average Bonchev–Trinajstić information content (AvgIpc) is 2.64. The Morgan fingerprint density at radius 2 is 1.80 bits per heavy atom. The normalized spacial score (nSPS) is 19.9. The van der Waals surface area contributed by atoms with Crippen LogP contribution < -0.4 is 10.6 Å². The second-order valence-corrected chi connectivity index (χ2v) is 8.62. The first-order chi connectivity index (χ1) is 14.1. The molecule has 1 aliphatic carbocycles. The number of halogens is 2. The zero-order valence-electron chi connectivity index (χ0n) is 18.1. The highest BCUT2D eigenvalue weighted by Crippen LogP contribution is 2.29. The molecular weight excluding hydrogens is 392 g/mol. The van der Waals surface area contributed by atoms with Crippen molar-refractivity contribution in [2.45, 2.75) is 71.4 Å². The standard InChI is InChI=1S/C22H31F2N3O3/c1-5-30-19(28)12-14-6-9-16(10-7-14)25-21(27-22(2,3)4)26-20(29)15-8-11-17(23)18(24)13-15/h8,11,13-14,16H,5-7,9-10,12H2,1-4H3,(H2,25,26,27,29). The Morgan fingerprint density at radius 3 is 2.37 bits per heavy atom. The summed E-state index contributed by atoms with van der Waals surface area (Å²) < 4.78 is 31.6. The topological polar surface area (TPSA) is 79.8 Å². The van der Waals surface area contributed by atoms with Gasteiger partial charge in [-0.2, -0.15) is 0 Å². The molecule has 30 heavy (non-hydrogen) atoms. The Labute approximate surface area is 176 Å². The van der Waals surface area contributed by atoms with E-state index in [1.165, 1.54) is 6.07 Å². The van der Waals surface area contributed by atoms with Crippen molar-refractivity contribution in [2.75, 3.05) is 6.61 Å². The molecule has 6 nitrogen and oxygen atoms in total. The molecule has 0 aromatic heterocycles. The Kier molecular flexibility index (Phi) is 8.32. The first kappa shape index (κ1) is 23.8. The molecule has 1 aromatic carbocycles. The summed E-state index contributed by atoms with van der Waals surface area (Å²) in [5, 5.41) is 5.85. The van der Waals surface area contributed by atoms with Gasteiger partial charge in [0.05, 0.1) is 12.6 Å². The van der Waals surface area contributed by atoms with E-state index in [-0.39, 0.29) is 29.0 Å². The molecule has 0 aliphatic heterocycles. The predicted octanol–water partition coefficient (Wildman–Crippen LogP) is 3.95. The minimum Gasteiger partial charge on any atom is -0.466 e. The summed E-state index contributed by atoms with van der Waals surface area (Å²) in [5.74, 6) is -2.24. The number of nitrogens with one attached hydrogen (secondary N) is 2. The number of guanidine groups is 1. The lowest BCUT2D eigenvalue weighted by Crippen LogP contribution is -2.50. The van der Waals surface area contributed by atoms with Gasteiger partial charge in [0.25, 0.3) is 5.91 Å². The van der Waals surface area contributed by atoms with E-state index in [4.69, 9.17) is 4.74 Å². The highest BCUT2D eigenvalue weighted by Gasteiger charge is 2.25. The van der Waals surface area contributed by atoms with Crippen LogP contribution in [0.4, 0.5) is 8.78 Å². The molecule has 0 saturated heterocycles. The number of ether oxygens (including phenoxy) is 1. The minimum atomic E-state index is -1.08. The summed E-state index contributed by atoms with van der Waals surface area (Å²) in [5.41, 5.74) is -0.350. The Hall–Kier alpha value is -2.51. The summed E-state index contributed by atoms with van der Waals surface area (Å²) in [6, 6.07) is 3.00. The van der Waals surface area contributed by atoms with Gasteiger partial charge in [-0.1, -0.05) is 0 Å². The van der Waals surface area contributed by atoms with Crippen molar-refractivity contribution in [2.24, 2.45) is 10.9 Å². The quantitative estimate of drug-likeness (QED) is 0.427. The number of benzene rings is 1. The Balaban J connectivity index is 2.04. The van der Waals surface area contributed by atoms with Crippen LogP contribution in [0.25, 0.3) is 0 Å². The summed E-state index contributed by atoms with van der Waals surface area (Å²) in [6.07, 6.45) is 3.71. The van der Waals surface area contributed by atoms with Crippen LogP contribution in [-0.2, 0) is 9.53 Å². The molecule has 1 saturated carbocycles. The highest BCUT2D eigenvalue weighted by molar-refractivity contribution is 6.05. The van der Waals surface area contributed by atoms with Crippen molar-refractivity contribution in [1.82, 2.24) is 10.6 Å². The first-order valence-electron chi connectivity index (χ1n) is 10.4. The van der Waals surface area contributed by atoms with Gasteiger partial charge in [-0.15, -0.1) is 0 Å². The van der Waals surface area contributed by atoms with E-state index in [1.807, 2.05) is 20.8 Å². The number of hydrogen-bond donors (Lipinski definition) is 2. The van der Waals surface area contributed by atoms with Gasteiger partial charge in [0.15, 0.2) is 17.6 Å². The molecule has 0 bridgehead atoms. The second-order valence-electron chi connectivity index (χ2n) is 8.62. The summed E-state index contributed by atoms with van der Waals surface area (Å²) >= 11 is 0. The lowest BCUT2D eigenvalue weighted by molar-refractivity contribution is -0.144. The predicted molar refractivity (Wildman–Crippen MR) is 111 cm³/mol. The number of nitrogens with zero attached hydrogens (tertiary/aromatic N) is 1. The third kappa shape index (κ3) is 7.72. The van der Waals surface area contributed by atoms with Crippen molar-refractivity contribution in [3.63, 3.8) is 0 Å². The molecule has 0 heterocycles. The number of esters is 1. The van der Waals surface area contributed by atoms with Crippen LogP contribution in [0.1, 0.15) is 70.2 Å². The molecule has 0 unspecified atom stereocenters. The van der Waals surface area contributed by atoms with Gasteiger partial charge in [0, 0.05) is 17.5 Å². The number of aliphatic imine (C=N–C) groups is 1. The fourth-order valence-electron chi connectivity index (χ4n) is 3.38. The van der Waals surface area contributed by atoms with E-state index in [9.17, 15) is 18.4 Å². The average molecular weight is 424 g/mol. The number of carbonyl (C=O) groups excluding carboxylic acids is 2. The number of amides is 1. The van der Waals surface area contributed by atoms with Crippen LogP contribution in [0.3, 0.4) is 0 Å². The lowest BCUT2D eigenvalue weighted by Gasteiger charge is -2.28. The molecule has 8 heteroatoms. The van der Waals surface area contributed by atoms with Crippen molar-refractivity contribution in [1.29, 1.82) is 0 Å². The van der Waals surface area contributed by atoms with Crippen LogP contribution in [0, 0.1) is 17.6 Å². The molecule has 0 spiro atoms. The largest absolute Gasteiger partial charge is 0.466 e. The third-order valence-electron chi connectivity index (χ3n) is 4.80. The van der Waals surface area contributed by atoms with Crippen LogP contribution in [0.15, 0.2) is 23.2 Å². The SMILES string of the molecule is CCOC(=O)CC1CCC(N=C(NC(=O)c2ccc(F)c(F)c2)NC(C)(C)C)CC1. The van der Waals surface area contributed by atoms with E-state index in [2.05, 4.69) is 15.6 Å². The maximum Gasteiger partial charge on any atom is 0.306 e. The second kappa shape index (κ2) is 10.5. The summed E-state index contributed by atoms with van der Waals surface area (Å²) in [6.45, 7) is 7.98. The minimum absolute atomic E-state index is 0.00134. The maximum atomic E-state index is 13.5. The van der Waals surface area contributed by atoms with E-state index in [1.54, 1.807) is 6.92 Å². The number of hydrogen-bond acceptors (Lipinski definition) is 4. The van der Waals surface area contributed by atoms with Gasteiger partial charge in [-0.05, 0) is 77.5 Å². The Bertz CT molecular complexity index is 782. The summed E-state index contributed by atoms with van der Waals surface area (Å²) in [7, 11) is 0. The zero-order valence-corrected chi connectivity index (χ0v) is 18.1. The fraction of sp³-hybridized carbons (Fsp3) is 0.591. The molecule has 1 aromatic rings. The van der Waals surface area contributed by atoms with Gasteiger partial charge in [0.1, 0.15) is 0 Å². The molecule has 0 radical (unpaired) electrons. The van der Waals surface area contributed by atoms with E-state index < -0.39 is 17.5 Å². The van der Waals surface area contributed by atoms with Crippen LogP contribution in [0.2, 0.25) is 0 Å². The number of carbonyl (C=O) groups is 2. The number of rotatable bonds is 5.